The molecule has 1 N–H and O–H groups in total. The number of nitrogens with one attached hydrogen (secondary N) is 1. The number of hydrogen-bond acceptors (Lipinski definition) is 4. The average molecular weight is 250 g/mol. The molecular formula is C13H18N2O3. The predicted molar refractivity (Wildman–Crippen MR) is 68.3 cm³/mol. The molecule has 0 saturated carbocycles. The van der Waals surface area contributed by atoms with Crippen LogP contribution < -0.4 is 5.32 Å². The molecule has 0 unspecified atom stereocenters. The van der Waals surface area contributed by atoms with Gasteiger partial charge in [0, 0.05) is 18.7 Å². The van der Waals surface area contributed by atoms with E-state index in [2.05, 4.69) is 5.32 Å². The van der Waals surface area contributed by atoms with E-state index in [0.29, 0.717) is 12.5 Å². The Balaban J connectivity index is 1.78. The third kappa shape index (κ3) is 3.78. The van der Waals surface area contributed by atoms with Crippen LogP contribution in [-0.4, -0.2) is 24.6 Å². The summed E-state index contributed by atoms with van der Waals surface area (Å²) in [4.78, 5) is 10.3. The van der Waals surface area contributed by atoms with Gasteiger partial charge in [0.2, 0.25) is 0 Å². The van der Waals surface area contributed by atoms with Crippen molar-refractivity contribution < 1.29 is 9.66 Å². The number of benzene rings is 1. The third-order valence-electron chi connectivity index (χ3n) is 3.20. The fourth-order valence-electron chi connectivity index (χ4n) is 2.15. The summed E-state index contributed by atoms with van der Waals surface area (Å²) in [6, 6.07) is 6.62. The van der Waals surface area contributed by atoms with E-state index < -0.39 is 0 Å². The van der Waals surface area contributed by atoms with Crippen molar-refractivity contribution in [3.05, 3.63) is 39.9 Å². The standard InChI is InChI=1S/C13H18N2O3/c16-15(17)13-3-1-2-12(8-13)10-18-9-11-4-6-14-7-5-11/h1-3,8,11,14H,4-7,9-10H2. The third-order valence-corrected chi connectivity index (χ3v) is 3.20. The van der Waals surface area contributed by atoms with Crippen molar-refractivity contribution in [1.29, 1.82) is 0 Å². The zero-order chi connectivity index (χ0) is 12.8. The second-order valence-corrected chi connectivity index (χ2v) is 4.64. The van der Waals surface area contributed by atoms with Crippen LogP contribution in [0.2, 0.25) is 0 Å². The summed E-state index contributed by atoms with van der Waals surface area (Å²) in [5, 5.41) is 13.9. The molecule has 0 aliphatic carbocycles. The average Bonchev–Trinajstić information content (AvgIpc) is 2.40. The molecular weight excluding hydrogens is 232 g/mol. The molecule has 5 heteroatoms. The molecule has 0 aromatic heterocycles. The van der Waals surface area contributed by atoms with E-state index in [9.17, 15) is 10.1 Å². The van der Waals surface area contributed by atoms with Crippen LogP contribution in [0.5, 0.6) is 0 Å². The van der Waals surface area contributed by atoms with Crippen LogP contribution in [0.3, 0.4) is 0 Å². The van der Waals surface area contributed by atoms with Gasteiger partial charge in [-0.1, -0.05) is 12.1 Å². The predicted octanol–water partition coefficient (Wildman–Crippen LogP) is 2.11. The number of ether oxygens (including phenoxy) is 1. The highest BCUT2D eigenvalue weighted by atomic mass is 16.6. The van der Waals surface area contributed by atoms with Crippen molar-refractivity contribution in [2.24, 2.45) is 5.92 Å². The minimum absolute atomic E-state index is 0.123. The van der Waals surface area contributed by atoms with Gasteiger partial charge < -0.3 is 10.1 Å². The number of nitro groups is 1. The summed E-state index contributed by atoms with van der Waals surface area (Å²) in [6.45, 7) is 3.31. The van der Waals surface area contributed by atoms with Gasteiger partial charge in [-0.3, -0.25) is 10.1 Å². The quantitative estimate of drug-likeness (QED) is 0.642. The Morgan fingerprint density at radius 1 is 1.39 bits per heavy atom. The first-order valence-electron chi connectivity index (χ1n) is 6.27. The van der Waals surface area contributed by atoms with E-state index in [-0.39, 0.29) is 10.6 Å². The van der Waals surface area contributed by atoms with E-state index >= 15 is 0 Å². The van der Waals surface area contributed by atoms with Crippen LogP contribution in [0.1, 0.15) is 18.4 Å². The topological polar surface area (TPSA) is 64.4 Å². The zero-order valence-electron chi connectivity index (χ0n) is 10.3. The van der Waals surface area contributed by atoms with E-state index in [1.54, 1.807) is 12.1 Å². The van der Waals surface area contributed by atoms with Gasteiger partial charge in [-0.05, 0) is 37.4 Å². The molecule has 0 radical (unpaired) electrons. The Labute approximate surface area is 106 Å². The molecule has 0 atom stereocenters. The summed E-state index contributed by atoms with van der Waals surface area (Å²) >= 11 is 0. The minimum Gasteiger partial charge on any atom is -0.376 e. The Morgan fingerprint density at radius 2 is 2.17 bits per heavy atom. The molecule has 1 aromatic rings. The lowest BCUT2D eigenvalue weighted by molar-refractivity contribution is -0.384. The van der Waals surface area contributed by atoms with Gasteiger partial charge in [-0.2, -0.15) is 0 Å². The van der Waals surface area contributed by atoms with Crippen LogP contribution in [-0.2, 0) is 11.3 Å². The molecule has 0 bridgehead atoms. The lowest BCUT2D eigenvalue weighted by atomic mass is 9.99. The van der Waals surface area contributed by atoms with Crippen molar-refractivity contribution >= 4 is 5.69 Å². The van der Waals surface area contributed by atoms with Crippen LogP contribution in [0.25, 0.3) is 0 Å². The molecule has 1 saturated heterocycles. The maximum Gasteiger partial charge on any atom is 0.269 e. The number of nitrogens with zero attached hydrogens (tertiary/aromatic N) is 1. The van der Waals surface area contributed by atoms with Crippen molar-refractivity contribution in [3.63, 3.8) is 0 Å². The van der Waals surface area contributed by atoms with E-state index in [0.717, 1.165) is 38.1 Å². The van der Waals surface area contributed by atoms with E-state index in [1.165, 1.54) is 6.07 Å². The molecule has 98 valence electrons. The van der Waals surface area contributed by atoms with Gasteiger partial charge >= 0.3 is 0 Å². The lowest BCUT2D eigenvalue weighted by Crippen LogP contribution is -2.29. The highest BCUT2D eigenvalue weighted by molar-refractivity contribution is 5.33. The van der Waals surface area contributed by atoms with Gasteiger partial charge in [-0.15, -0.1) is 0 Å². The van der Waals surface area contributed by atoms with Gasteiger partial charge in [0.25, 0.3) is 5.69 Å². The maximum absolute atomic E-state index is 10.6. The Hall–Kier alpha value is -1.46. The number of piperidine rings is 1. The van der Waals surface area contributed by atoms with Crippen molar-refractivity contribution in [1.82, 2.24) is 5.32 Å². The summed E-state index contributed by atoms with van der Waals surface area (Å²) < 4.78 is 5.64. The summed E-state index contributed by atoms with van der Waals surface area (Å²) in [5.41, 5.74) is 0.983. The first kappa shape index (κ1) is 13.0. The molecule has 2 rings (SSSR count). The summed E-state index contributed by atoms with van der Waals surface area (Å²) in [5.74, 6) is 0.616. The Morgan fingerprint density at radius 3 is 2.89 bits per heavy atom. The highest BCUT2D eigenvalue weighted by Crippen LogP contribution is 2.16. The summed E-state index contributed by atoms with van der Waals surface area (Å²) in [7, 11) is 0. The highest BCUT2D eigenvalue weighted by Gasteiger charge is 2.13. The van der Waals surface area contributed by atoms with Crippen LogP contribution >= 0.6 is 0 Å². The second kappa shape index (κ2) is 6.47. The molecule has 0 spiro atoms. The van der Waals surface area contributed by atoms with Crippen LogP contribution in [0.4, 0.5) is 5.69 Å². The minimum atomic E-state index is -0.379. The fourth-order valence-corrected chi connectivity index (χ4v) is 2.15. The number of non-ortho nitro benzene ring substituents is 1. The van der Waals surface area contributed by atoms with E-state index in [4.69, 9.17) is 4.74 Å². The SMILES string of the molecule is O=[N+]([O-])c1cccc(COCC2CCNCC2)c1. The van der Waals surface area contributed by atoms with Crippen LogP contribution in [0, 0.1) is 16.0 Å². The Bertz CT molecular complexity index is 403. The van der Waals surface area contributed by atoms with Crippen LogP contribution in [0.15, 0.2) is 24.3 Å². The second-order valence-electron chi connectivity index (χ2n) is 4.64. The van der Waals surface area contributed by atoms with Gasteiger partial charge in [0.1, 0.15) is 0 Å². The Kier molecular flexibility index (Phi) is 4.66. The number of rotatable bonds is 5. The first-order valence-corrected chi connectivity index (χ1v) is 6.27. The zero-order valence-corrected chi connectivity index (χ0v) is 10.3. The van der Waals surface area contributed by atoms with Gasteiger partial charge in [0.15, 0.2) is 0 Å². The molecule has 1 aliphatic heterocycles. The molecule has 0 amide bonds. The summed E-state index contributed by atoms with van der Waals surface area (Å²) in [6.07, 6.45) is 2.30. The maximum atomic E-state index is 10.6. The van der Waals surface area contributed by atoms with E-state index in [1.807, 2.05) is 6.07 Å². The molecule has 1 aliphatic rings. The normalized spacial score (nSPS) is 16.7. The van der Waals surface area contributed by atoms with Crippen molar-refractivity contribution in [2.75, 3.05) is 19.7 Å². The monoisotopic (exact) mass is 250 g/mol. The van der Waals surface area contributed by atoms with Crippen molar-refractivity contribution in [2.45, 2.75) is 19.4 Å². The first-order chi connectivity index (χ1) is 8.75. The smallest absolute Gasteiger partial charge is 0.269 e. The number of hydrogen-bond donors (Lipinski definition) is 1. The van der Waals surface area contributed by atoms with Gasteiger partial charge in [-0.25, -0.2) is 0 Å². The number of nitro benzene ring substituents is 1. The fraction of sp³-hybridized carbons (Fsp3) is 0.538. The molecule has 1 fully saturated rings. The molecule has 18 heavy (non-hydrogen) atoms. The largest absolute Gasteiger partial charge is 0.376 e. The lowest BCUT2D eigenvalue weighted by Gasteiger charge is -2.22. The van der Waals surface area contributed by atoms with Crippen molar-refractivity contribution in [3.8, 4) is 0 Å². The van der Waals surface area contributed by atoms with Gasteiger partial charge in [0.05, 0.1) is 11.5 Å². The molecule has 1 heterocycles. The molecule has 1 aromatic carbocycles. The molecule has 5 nitrogen and oxygen atoms in total.